The van der Waals surface area contributed by atoms with Gasteiger partial charge in [-0.05, 0) is 93.9 Å². The largest absolute Gasteiger partial charge is 0.456 e. The lowest BCUT2D eigenvalue weighted by atomic mass is 9.94. The van der Waals surface area contributed by atoms with Crippen LogP contribution in [0.3, 0.4) is 0 Å². The van der Waals surface area contributed by atoms with Crippen LogP contribution in [0.15, 0.2) is 209 Å². The monoisotopic (exact) mass is 703 g/mol. The number of anilines is 3. The van der Waals surface area contributed by atoms with Crippen LogP contribution in [-0.4, -0.2) is 0 Å². The first-order valence-corrected chi connectivity index (χ1v) is 18.7. The summed E-state index contributed by atoms with van der Waals surface area (Å²) in [6.07, 6.45) is 0. The second kappa shape index (κ2) is 12.6. The summed E-state index contributed by atoms with van der Waals surface area (Å²) < 4.78 is 13.0. The van der Waals surface area contributed by atoms with Crippen molar-refractivity contribution in [2.45, 2.75) is 0 Å². The van der Waals surface area contributed by atoms with E-state index in [1.807, 2.05) is 12.1 Å². The van der Waals surface area contributed by atoms with E-state index in [1.54, 1.807) is 0 Å². The Bertz CT molecular complexity index is 3180. The van der Waals surface area contributed by atoms with Gasteiger partial charge >= 0.3 is 0 Å². The maximum absolute atomic E-state index is 6.63. The molecule has 0 atom stereocenters. The molecule has 0 radical (unpaired) electrons. The first-order valence-electron chi connectivity index (χ1n) is 18.7. The van der Waals surface area contributed by atoms with Crippen LogP contribution in [0.5, 0.6) is 0 Å². The highest BCUT2D eigenvalue weighted by Crippen LogP contribution is 2.43. The highest BCUT2D eigenvalue weighted by Gasteiger charge is 2.18. The van der Waals surface area contributed by atoms with E-state index >= 15 is 0 Å². The van der Waals surface area contributed by atoms with Gasteiger partial charge in [-0.3, -0.25) is 0 Å². The van der Waals surface area contributed by atoms with Crippen molar-refractivity contribution < 1.29 is 8.83 Å². The Morgan fingerprint density at radius 3 is 1.73 bits per heavy atom. The van der Waals surface area contributed by atoms with E-state index in [2.05, 4.69) is 193 Å². The summed E-state index contributed by atoms with van der Waals surface area (Å²) >= 11 is 0. The Morgan fingerprint density at radius 1 is 0.309 bits per heavy atom. The molecule has 0 N–H and O–H groups in total. The molecule has 2 aromatic heterocycles. The van der Waals surface area contributed by atoms with Gasteiger partial charge in [-0.1, -0.05) is 140 Å². The smallest absolute Gasteiger partial charge is 0.143 e. The Balaban J connectivity index is 1.01. The quantitative estimate of drug-likeness (QED) is 0.173. The molecule has 0 amide bonds. The first-order chi connectivity index (χ1) is 27.3. The Morgan fingerprint density at radius 2 is 0.927 bits per heavy atom. The third-order valence-electron chi connectivity index (χ3n) is 10.9. The van der Waals surface area contributed by atoms with Gasteiger partial charge in [-0.15, -0.1) is 0 Å². The minimum Gasteiger partial charge on any atom is -0.456 e. The van der Waals surface area contributed by atoms with E-state index in [-0.39, 0.29) is 0 Å². The topological polar surface area (TPSA) is 29.5 Å². The molecular formula is C52H33NO2. The number of para-hydroxylation sites is 3. The molecule has 0 saturated carbocycles. The number of nitrogens with zero attached hydrogens (tertiary/aromatic N) is 1. The molecule has 2 heterocycles. The van der Waals surface area contributed by atoms with Gasteiger partial charge in [-0.2, -0.15) is 0 Å². The van der Waals surface area contributed by atoms with Crippen molar-refractivity contribution in [3.63, 3.8) is 0 Å². The maximum atomic E-state index is 6.63. The molecule has 0 aliphatic heterocycles. The molecule has 0 spiro atoms. The molecular weight excluding hydrogens is 671 g/mol. The van der Waals surface area contributed by atoms with Crippen molar-refractivity contribution in [1.82, 2.24) is 0 Å². The first kappa shape index (κ1) is 31.2. The summed E-state index contributed by atoms with van der Waals surface area (Å²) in [7, 11) is 0. The van der Waals surface area contributed by atoms with E-state index < -0.39 is 0 Å². The van der Waals surface area contributed by atoms with Crippen LogP contribution in [0.2, 0.25) is 0 Å². The van der Waals surface area contributed by atoms with E-state index in [4.69, 9.17) is 8.83 Å². The van der Waals surface area contributed by atoms with E-state index in [0.29, 0.717) is 0 Å². The molecule has 3 heteroatoms. The molecule has 55 heavy (non-hydrogen) atoms. The molecule has 3 nitrogen and oxygen atoms in total. The van der Waals surface area contributed by atoms with E-state index in [1.165, 1.54) is 27.5 Å². The van der Waals surface area contributed by atoms with Gasteiger partial charge in [0.25, 0.3) is 0 Å². The molecule has 0 aliphatic rings. The summed E-state index contributed by atoms with van der Waals surface area (Å²) in [4.78, 5) is 2.31. The van der Waals surface area contributed by atoms with Crippen LogP contribution in [0, 0.1) is 0 Å². The molecule has 0 unspecified atom stereocenters. The normalized spacial score (nSPS) is 11.6. The fraction of sp³-hybridized carbons (Fsp3) is 0. The van der Waals surface area contributed by atoms with Gasteiger partial charge in [-0.25, -0.2) is 0 Å². The van der Waals surface area contributed by atoms with Crippen LogP contribution in [0.1, 0.15) is 0 Å². The molecule has 258 valence electrons. The maximum Gasteiger partial charge on any atom is 0.143 e. The van der Waals surface area contributed by atoms with Crippen molar-refractivity contribution in [2.24, 2.45) is 0 Å². The highest BCUT2D eigenvalue weighted by molar-refractivity contribution is 6.23. The van der Waals surface area contributed by atoms with E-state index in [0.717, 1.165) is 77.6 Å². The summed E-state index contributed by atoms with van der Waals surface area (Å²) in [5, 5.41) is 6.84. The van der Waals surface area contributed by atoms with Crippen molar-refractivity contribution in [3.05, 3.63) is 200 Å². The minimum absolute atomic E-state index is 0.857. The molecule has 11 rings (SSSR count). The van der Waals surface area contributed by atoms with Gasteiger partial charge in [0.15, 0.2) is 0 Å². The molecule has 11 aromatic rings. The minimum atomic E-state index is 0.857. The molecule has 0 saturated heterocycles. The van der Waals surface area contributed by atoms with Gasteiger partial charge < -0.3 is 13.7 Å². The number of hydrogen-bond donors (Lipinski definition) is 0. The molecule has 9 aromatic carbocycles. The fourth-order valence-corrected chi connectivity index (χ4v) is 8.27. The average Bonchev–Trinajstić information content (AvgIpc) is 3.83. The zero-order valence-corrected chi connectivity index (χ0v) is 29.8. The van der Waals surface area contributed by atoms with Crippen molar-refractivity contribution >= 4 is 71.7 Å². The average molecular weight is 704 g/mol. The Kier molecular flexibility index (Phi) is 7.17. The lowest BCUT2D eigenvalue weighted by Crippen LogP contribution is -2.09. The number of furan rings is 2. The molecule has 0 fully saturated rings. The summed E-state index contributed by atoms with van der Waals surface area (Å²) in [6.45, 7) is 0. The molecule has 0 aliphatic carbocycles. The third kappa shape index (κ3) is 5.20. The van der Waals surface area contributed by atoms with Crippen LogP contribution in [0.4, 0.5) is 17.1 Å². The second-order valence-electron chi connectivity index (χ2n) is 14.1. The number of benzene rings is 9. The fourth-order valence-electron chi connectivity index (χ4n) is 8.27. The lowest BCUT2D eigenvalue weighted by Gasteiger charge is -2.26. The van der Waals surface area contributed by atoms with E-state index in [9.17, 15) is 0 Å². The van der Waals surface area contributed by atoms with Gasteiger partial charge in [0.1, 0.15) is 22.3 Å². The standard InChI is InChI=1S/C52H33NO2/c1-3-11-34(12-4-1)35-21-27-40(28-22-35)53(39-14-5-2-6-15-39)41-29-23-36(24-30-41)42-17-9-13-37-26-32-48-51(50(37)42)46-31-25-38(33-49(46)54-48)43-18-10-19-45-44-16-7-8-20-47(44)55-52(43)45/h1-33H. The highest BCUT2D eigenvalue weighted by atomic mass is 16.3. The van der Waals surface area contributed by atoms with Gasteiger partial charge in [0.05, 0.1) is 0 Å². The van der Waals surface area contributed by atoms with Gasteiger partial charge in [0.2, 0.25) is 0 Å². The summed E-state index contributed by atoms with van der Waals surface area (Å²) in [5.74, 6) is 0. The predicted octanol–water partition coefficient (Wildman–Crippen LogP) is 15.1. The number of fused-ring (bicyclic) bond motifs is 8. The number of rotatable bonds is 6. The second-order valence-corrected chi connectivity index (χ2v) is 14.1. The Labute approximate surface area is 317 Å². The van der Waals surface area contributed by atoms with Crippen molar-refractivity contribution in [3.8, 4) is 33.4 Å². The molecule has 0 bridgehead atoms. The lowest BCUT2D eigenvalue weighted by molar-refractivity contribution is 0.668. The summed E-state index contributed by atoms with van der Waals surface area (Å²) in [5.41, 5.74) is 13.7. The zero-order chi connectivity index (χ0) is 36.3. The third-order valence-corrected chi connectivity index (χ3v) is 10.9. The number of hydrogen-bond acceptors (Lipinski definition) is 3. The Hall–Kier alpha value is -7.36. The van der Waals surface area contributed by atoms with Crippen LogP contribution in [0.25, 0.3) is 88.0 Å². The van der Waals surface area contributed by atoms with Crippen molar-refractivity contribution in [1.29, 1.82) is 0 Å². The van der Waals surface area contributed by atoms with Gasteiger partial charge in [0, 0.05) is 49.6 Å². The van der Waals surface area contributed by atoms with Crippen LogP contribution < -0.4 is 4.90 Å². The predicted molar refractivity (Wildman–Crippen MR) is 229 cm³/mol. The summed E-state index contributed by atoms with van der Waals surface area (Å²) in [6, 6.07) is 70.8. The van der Waals surface area contributed by atoms with Crippen LogP contribution in [-0.2, 0) is 0 Å². The SMILES string of the molecule is c1ccc(-c2ccc(N(c3ccccc3)c3ccc(-c4cccc5ccc6oc7cc(-c8cccc9c8oc8ccccc89)ccc7c6c45)cc3)cc2)cc1. The zero-order valence-electron chi connectivity index (χ0n) is 29.8. The van der Waals surface area contributed by atoms with Crippen molar-refractivity contribution in [2.75, 3.05) is 4.90 Å². The van der Waals surface area contributed by atoms with Crippen LogP contribution >= 0.6 is 0 Å².